The molecule has 31 heavy (non-hydrogen) atoms. The van der Waals surface area contributed by atoms with Crippen LogP contribution in [0, 0.1) is 0 Å². The third kappa shape index (κ3) is 6.21. The zero-order chi connectivity index (χ0) is 22.3. The summed E-state index contributed by atoms with van der Waals surface area (Å²) in [6.07, 6.45) is 3.72. The van der Waals surface area contributed by atoms with E-state index in [0.717, 1.165) is 38.8 Å². The van der Waals surface area contributed by atoms with Gasteiger partial charge in [-0.3, -0.25) is 4.72 Å². The molecule has 1 heterocycles. The van der Waals surface area contributed by atoms with Crippen molar-refractivity contribution < 1.29 is 22.7 Å². The number of carbonyl (C=O) groups is 2. The molecule has 2 aromatic rings. The maximum atomic E-state index is 12.6. The molecule has 2 N–H and O–H groups in total. The lowest BCUT2D eigenvalue weighted by Crippen LogP contribution is -2.32. The molecule has 2 aromatic carbocycles. The number of carbonyl (C=O) groups excluding carboxylic acids is 2. The van der Waals surface area contributed by atoms with Crippen LogP contribution in [0.25, 0.3) is 0 Å². The number of sulfonamides is 1. The van der Waals surface area contributed by atoms with Crippen molar-refractivity contribution in [2.75, 3.05) is 29.7 Å². The van der Waals surface area contributed by atoms with Crippen molar-refractivity contribution in [3.8, 4) is 0 Å². The van der Waals surface area contributed by atoms with E-state index in [0.29, 0.717) is 23.5 Å². The molecule has 1 aliphatic heterocycles. The summed E-state index contributed by atoms with van der Waals surface area (Å²) >= 11 is 0. The SMILES string of the molecule is CCCCOC(=O)c1ccc(NS(=O)(=O)c2ccc(NC(=O)N3CCCC3)cc2)cc1. The van der Waals surface area contributed by atoms with Crippen molar-refractivity contribution in [2.24, 2.45) is 0 Å². The number of rotatable bonds is 8. The molecule has 0 aromatic heterocycles. The molecule has 1 saturated heterocycles. The number of nitrogens with zero attached hydrogens (tertiary/aromatic N) is 1. The van der Waals surface area contributed by atoms with E-state index in [1.165, 1.54) is 36.4 Å². The van der Waals surface area contributed by atoms with Crippen molar-refractivity contribution in [3.63, 3.8) is 0 Å². The summed E-state index contributed by atoms with van der Waals surface area (Å²) in [6.45, 7) is 3.83. The molecule has 0 unspecified atom stereocenters. The number of likely N-dealkylation sites (tertiary alicyclic amines) is 1. The summed E-state index contributed by atoms with van der Waals surface area (Å²) in [5.41, 5.74) is 1.22. The van der Waals surface area contributed by atoms with Gasteiger partial charge in [-0.05, 0) is 67.8 Å². The number of urea groups is 1. The highest BCUT2D eigenvalue weighted by Gasteiger charge is 2.19. The van der Waals surface area contributed by atoms with E-state index in [4.69, 9.17) is 4.74 Å². The first kappa shape index (κ1) is 22.6. The molecule has 9 heteroatoms. The van der Waals surface area contributed by atoms with Gasteiger partial charge in [-0.15, -0.1) is 0 Å². The van der Waals surface area contributed by atoms with E-state index in [1.807, 2.05) is 6.92 Å². The van der Waals surface area contributed by atoms with E-state index in [2.05, 4.69) is 10.0 Å². The van der Waals surface area contributed by atoms with Crippen LogP contribution in [0.3, 0.4) is 0 Å². The van der Waals surface area contributed by atoms with Crippen LogP contribution < -0.4 is 10.0 Å². The first-order valence-electron chi connectivity index (χ1n) is 10.3. The minimum absolute atomic E-state index is 0.0646. The molecular weight excluding hydrogens is 418 g/mol. The van der Waals surface area contributed by atoms with Gasteiger partial charge in [-0.25, -0.2) is 18.0 Å². The van der Waals surface area contributed by atoms with Crippen molar-refractivity contribution in [2.45, 2.75) is 37.5 Å². The molecule has 166 valence electrons. The third-order valence-corrected chi connectivity index (χ3v) is 6.31. The highest BCUT2D eigenvalue weighted by atomic mass is 32.2. The molecular formula is C22H27N3O5S. The number of nitrogens with one attached hydrogen (secondary N) is 2. The summed E-state index contributed by atoms with van der Waals surface area (Å²) in [5.74, 6) is -0.436. The third-order valence-electron chi connectivity index (χ3n) is 4.91. The van der Waals surface area contributed by atoms with Gasteiger partial charge in [0.25, 0.3) is 10.0 Å². The summed E-state index contributed by atoms with van der Waals surface area (Å²) in [7, 11) is -3.81. The van der Waals surface area contributed by atoms with Crippen molar-refractivity contribution in [1.82, 2.24) is 4.90 Å². The van der Waals surface area contributed by atoms with Crippen LogP contribution in [-0.4, -0.2) is 45.0 Å². The van der Waals surface area contributed by atoms with E-state index >= 15 is 0 Å². The summed E-state index contributed by atoms with van der Waals surface area (Å²) < 4.78 is 32.9. The normalized spacial score (nSPS) is 13.6. The molecule has 0 bridgehead atoms. The number of anilines is 2. The fraction of sp³-hybridized carbons (Fsp3) is 0.364. The first-order chi connectivity index (χ1) is 14.9. The standard InChI is InChI=1S/C22H27N3O5S/c1-2-3-16-30-21(26)17-6-8-19(9-7-17)24-31(28,29)20-12-10-18(11-13-20)23-22(27)25-14-4-5-15-25/h6-13,24H,2-5,14-16H2,1H3,(H,23,27). The maximum absolute atomic E-state index is 12.6. The lowest BCUT2D eigenvalue weighted by atomic mass is 10.2. The second-order valence-corrected chi connectivity index (χ2v) is 9.00. The smallest absolute Gasteiger partial charge is 0.338 e. The molecule has 0 aliphatic carbocycles. The number of hydrogen-bond acceptors (Lipinski definition) is 5. The van der Waals surface area contributed by atoms with Crippen molar-refractivity contribution >= 4 is 33.4 Å². The molecule has 8 nitrogen and oxygen atoms in total. The predicted molar refractivity (Wildman–Crippen MR) is 119 cm³/mol. The van der Waals surface area contributed by atoms with Crippen LogP contribution in [0.4, 0.5) is 16.2 Å². The topological polar surface area (TPSA) is 105 Å². The zero-order valence-corrected chi connectivity index (χ0v) is 18.3. The van der Waals surface area contributed by atoms with Crippen LogP contribution in [0.15, 0.2) is 53.4 Å². The van der Waals surface area contributed by atoms with Crippen molar-refractivity contribution in [3.05, 3.63) is 54.1 Å². The van der Waals surface area contributed by atoms with E-state index in [-0.39, 0.29) is 10.9 Å². The van der Waals surface area contributed by atoms with Gasteiger partial charge in [0, 0.05) is 24.5 Å². The maximum Gasteiger partial charge on any atom is 0.338 e. The van der Waals surface area contributed by atoms with Crippen molar-refractivity contribution in [1.29, 1.82) is 0 Å². The largest absolute Gasteiger partial charge is 0.462 e. The van der Waals surface area contributed by atoms with E-state index < -0.39 is 16.0 Å². The Kier molecular flexibility index (Phi) is 7.51. The summed E-state index contributed by atoms with van der Waals surface area (Å²) in [5, 5.41) is 2.78. The lowest BCUT2D eigenvalue weighted by molar-refractivity contribution is 0.0499. The lowest BCUT2D eigenvalue weighted by Gasteiger charge is -2.16. The second-order valence-electron chi connectivity index (χ2n) is 7.32. The molecule has 1 aliphatic rings. The Balaban J connectivity index is 1.59. The Bertz CT molecular complexity index is 998. The Morgan fingerprint density at radius 3 is 2.19 bits per heavy atom. The van der Waals surface area contributed by atoms with E-state index in [9.17, 15) is 18.0 Å². The van der Waals surface area contributed by atoms with Crippen LogP contribution in [0.2, 0.25) is 0 Å². The van der Waals surface area contributed by atoms with Gasteiger partial charge >= 0.3 is 12.0 Å². The van der Waals surface area contributed by atoms with Gasteiger partial charge in [0.1, 0.15) is 0 Å². The Hall–Kier alpha value is -3.07. The molecule has 0 saturated carbocycles. The molecule has 0 radical (unpaired) electrons. The van der Waals surface area contributed by atoms with Crippen LogP contribution in [-0.2, 0) is 14.8 Å². The number of benzene rings is 2. The highest BCUT2D eigenvalue weighted by molar-refractivity contribution is 7.92. The Labute approximate surface area is 182 Å². The molecule has 2 amide bonds. The average molecular weight is 446 g/mol. The number of hydrogen-bond donors (Lipinski definition) is 2. The van der Waals surface area contributed by atoms with Gasteiger partial charge in [-0.2, -0.15) is 0 Å². The quantitative estimate of drug-likeness (QED) is 0.471. The van der Waals surface area contributed by atoms with Gasteiger partial charge in [0.2, 0.25) is 0 Å². The molecule has 3 rings (SSSR count). The second kappa shape index (κ2) is 10.3. The molecule has 1 fully saturated rings. The van der Waals surface area contributed by atoms with Gasteiger partial charge < -0.3 is 15.0 Å². The van der Waals surface area contributed by atoms with Crippen LogP contribution >= 0.6 is 0 Å². The van der Waals surface area contributed by atoms with Crippen LogP contribution in [0.1, 0.15) is 43.0 Å². The minimum Gasteiger partial charge on any atom is -0.462 e. The Morgan fingerprint density at radius 1 is 0.968 bits per heavy atom. The fourth-order valence-corrected chi connectivity index (χ4v) is 4.18. The zero-order valence-electron chi connectivity index (χ0n) is 17.5. The van der Waals surface area contributed by atoms with Crippen LogP contribution in [0.5, 0.6) is 0 Å². The predicted octanol–water partition coefficient (Wildman–Crippen LogP) is 4.07. The number of ether oxygens (including phenoxy) is 1. The summed E-state index contributed by atoms with van der Waals surface area (Å²) in [4.78, 5) is 25.9. The van der Waals surface area contributed by atoms with Gasteiger partial charge in [-0.1, -0.05) is 13.3 Å². The van der Waals surface area contributed by atoms with E-state index in [1.54, 1.807) is 17.0 Å². The summed E-state index contributed by atoms with van der Waals surface area (Å²) in [6, 6.07) is 11.8. The molecule has 0 atom stereocenters. The van der Waals surface area contributed by atoms with Gasteiger partial charge in [0.05, 0.1) is 17.1 Å². The molecule has 0 spiro atoms. The number of esters is 1. The minimum atomic E-state index is -3.81. The Morgan fingerprint density at radius 2 is 1.58 bits per heavy atom. The fourth-order valence-electron chi connectivity index (χ4n) is 3.12. The van der Waals surface area contributed by atoms with Gasteiger partial charge in [0.15, 0.2) is 0 Å². The monoisotopic (exact) mass is 445 g/mol. The number of unbranched alkanes of at least 4 members (excludes halogenated alkanes) is 1. The number of amides is 2. The highest BCUT2D eigenvalue weighted by Crippen LogP contribution is 2.20. The first-order valence-corrected chi connectivity index (χ1v) is 11.8. The average Bonchev–Trinajstić information content (AvgIpc) is 3.30.